The van der Waals surface area contributed by atoms with Crippen molar-refractivity contribution in [3.63, 3.8) is 0 Å². The minimum Gasteiger partial charge on any atom is -0.356 e. The second kappa shape index (κ2) is 8.80. The summed E-state index contributed by atoms with van der Waals surface area (Å²) in [4.78, 5) is 21.6. The lowest BCUT2D eigenvalue weighted by atomic mass is 10.1. The summed E-state index contributed by atoms with van der Waals surface area (Å²) in [5.41, 5.74) is 1.27. The number of benzene rings is 2. The van der Waals surface area contributed by atoms with Gasteiger partial charge in [0.05, 0.1) is 23.0 Å². The molecule has 4 aromatic rings. The zero-order valence-corrected chi connectivity index (χ0v) is 18.7. The van der Waals surface area contributed by atoms with Crippen LogP contribution in [0.5, 0.6) is 0 Å². The number of hydrogen-bond acceptors (Lipinski definition) is 6. The molecule has 1 aliphatic rings. The number of nitrogens with one attached hydrogen (secondary N) is 2. The number of hydrogen-bond donors (Lipinski definition) is 2. The van der Waals surface area contributed by atoms with Gasteiger partial charge in [-0.25, -0.2) is 22.6 Å². The summed E-state index contributed by atoms with van der Waals surface area (Å²) in [5, 5.41) is 5.24. The Balaban J connectivity index is 1.33. The van der Waals surface area contributed by atoms with E-state index in [1.54, 1.807) is 41.2 Å². The van der Waals surface area contributed by atoms with Crippen LogP contribution in [0.3, 0.4) is 0 Å². The zero-order valence-electron chi connectivity index (χ0n) is 17.9. The minimum atomic E-state index is -3.56. The number of piperidine rings is 1. The van der Waals surface area contributed by atoms with Gasteiger partial charge in [0.15, 0.2) is 0 Å². The number of H-pyrrole nitrogens is 1. The molecule has 2 aromatic carbocycles. The minimum absolute atomic E-state index is 0.176. The Morgan fingerprint density at radius 1 is 1.00 bits per heavy atom. The van der Waals surface area contributed by atoms with Gasteiger partial charge < -0.3 is 4.90 Å². The Kier molecular flexibility index (Phi) is 5.69. The van der Waals surface area contributed by atoms with Crippen molar-refractivity contribution in [1.29, 1.82) is 0 Å². The van der Waals surface area contributed by atoms with Crippen LogP contribution >= 0.6 is 0 Å². The fraction of sp³-hybridized carbons (Fsp3) is 0.261. The van der Waals surface area contributed by atoms with Crippen LogP contribution in [0.2, 0.25) is 0 Å². The summed E-state index contributed by atoms with van der Waals surface area (Å²) in [6.07, 6.45) is 2.95. The first kappa shape index (κ1) is 21.4. The molecule has 2 N–H and O–H groups in total. The van der Waals surface area contributed by atoms with Crippen LogP contribution in [0.4, 0.5) is 5.82 Å². The summed E-state index contributed by atoms with van der Waals surface area (Å²) in [6.45, 7) is 1.70. The number of aromatic amines is 1. The third-order valence-corrected chi connectivity index (χ3v) is 7.39. The smallest absolute Gasteiger partial charge is 0.348 e. The Hall–Kier alpha value is -3.50. The molecule has 10 heteroatoms. The Morgan fingerprint density at radius 3 is 2.36 bits per heavy atom. The fourth-order valence-electron chi connectivity index (χ4n) is 4.18. The van der Waals surface area contributed by atoms with Crippen molar-refractivity contribution in [3.05, 3.63) is 82.9 Å². The average Bonchev–Trinajstić information content (AvgIpc) is 3.22. The molecule has 3 heterocycles. The molecular formula is C23H24N6O3S. The van der Waals surface area contributed by atoms with Crippen LogP contribution in [-0.2, 0) is 16.6 Å². The molecule has 0 atom stereocenters. The van der Waals surface area contributed by atoms with E-state index in [-0.39, 0.29) is 10.9 Å². The van der Waals surface area contributed by atoms with Gasteiger partial charge in [-0.05, 0) is 30.5 Å². The first-order valence-corrected chi connectivity index (χ1v) is 12.3. The highest BCUT2D eigenvalue weighted by molar-refractivity contribution is 7.89. The van der Waals surface area contributed by atoms with Gasteiger partial charge in [-0.15, -0.1) is 0 Å². The van der Waals surface area contributed by atoms with Crippen molar-refractivity contribution in [2.45, 2.75) is 30.3 Å². The van der Waals surface area contributed by atoms with E-state index in [4.69, 9.17) is 0 Å². The van der Waals surface area contributed by atoms with E-state index in [1.165, 1.54) is 0 Å². The molecular weight excluding hydrogens is 440 g/mol. The first-order valence-electron chi connectivity index (χ1n) is 10.8. The zero-order chi connectivity index (χ0) is 22.8. The van der Waals surface area contributed by atoms with Crippen LogP contribution in [0.15, 0.2) is 76.6 Å². The highest BCUT2D eigenvalue weighted by Crippen LogP contribution is 2.25. The van der Waals surface area contributed by atoms with E-state index in [0.717, 1.165) is 10.9 Å². The fourth-order valence-corrected chi connectivity index (χ4v) is 5.51. The second-order valence-corrected chi connectivity index (χ2v) is 9.83. The lowest BCUT2D eigenvalue weighted by Gasteiger charge is -2.33. The molecule has 0 spiro atoms. The summed E-state index contributed by atoms with van der Waals surface area (Å²) in [7, 11) is -3.56. The van der Waals surface area contributed by atoms with E-state index in [1.807, 2.05) is 35.2 Å². The lowest BCUT2D eigenvalue weighted by Crippen LogP contribution is -2.45. The predicted octanol–water partition coefficient (Wildman–Crippen LogP) is 2.12. The van der Waals surface area contributed by atoms with E-state index >= 15 is 0 Å². The monoisotopic (exact) mass is 464 g/mol. The van der Waals surface area contributed by atoms with Crippen LogP contribution in [-0.4, -0.2) is 47.3 Å². The Labute approximate surface area is 191 Å². The first-order chi connectivity index (χ1) is 16.0. The van der Waals surface area contributed by atoms with E-state index in [9.17, 15) is 13.2 Å². The SMILES string of the molecule is O=c1nc(N2CCC(NS(=O)(=O)c3ccccc3)CC2)c2cnn(Cc3ccccc3)c2[nH]1. The summed E-state index contributed by atoms with van der Waals surface area (Å²) >= 11 is 0. The van der Waals surface area contributed by atoms with Gasteiger partial charge in [0, 0.05) is 19.1 Å². The third-order valence-electron chi connectivity index (χ3n) is 5.86. The molecule has 1 fully saturated rings. The number of nitrogens with zero attached hydrogens (tertiary/aromatic N) is 4. The van der Waals surface area contributed by atoms with E-state index in [2.05, 4.69) is 19.8 Å². The van der Waals surface area contributed by atoms with Gasteiger partial charge >= 0.3 is 5.69 Å². The van der Waals surface area contributed by atoms with E-state index in [0.29, 0.717) is 43.9 Å². The molecule has 5 rings (SSSR count). The van der Waals surface area contributed by atoms with Gasteiger partial charge in [0.25, 0.3) is 0 Å². The topological polar surface area (TPSA) is 113 Å². The van der Waals surface area contributed by atoms with Gasteiger partial charge in [-0.2, -0.15) is 10.1 Å². The number of aromatic nitrogens is 4. The highest BCUT2D eigenvalue weighted by atomic mass is 32.2. The molecule has 0 bridgehead atoms. The second-order valence-electron chi connectivity index (χ2n) is 8.11. The lowest BCUT2D eigenvalue weighted by molar-refractivity contribution is 0.458. The van der Waals surface area contributed by atoms with Crippen LogP contribution in [0, 0.1) is 0 Å². The van der Waals surface area contributed by atoms with Gasteiger partial charge in [-0.1, -0.05) is 48.5 Å². The largest absolute Gasteiger partial charge is 0.356 e. The quantitative estimate of drug-likeness (QED) is 0.452. The normalized spacial score (nSPS) is 15.2. The maximum Gasteiger partial charge on any atom is 0.348 e. The van der Waals surface area contributed by atoms with Gasteiger partial charge in [0.1, 0.15) is 11.5 Å². The standard InChI is InChI=1S/C23H24N6O3S/c30-23-25-21(20-15-24-29(22(20)26-23)16-17-7-3-1-4-8-17)28-13-11-18(12-14-28)27-33(31,32)19-9-5-2-6-10-19/h1-10,15,18,27H,11-14,16H2,(H,25,26,30). The molecule has 1 aliphatic heterocycles. The van der Waals surface area contributed by atoms with Crippen molar-refractivity contribution in [1.82, 2.24) is 24.5 Å². The third kappa shape index (κ3) is 4.53. The average molecular weight is 465 g/mol. The van der Waals surface area contributed by atoms with Crippen LogP contribution in [0.1, 0.15) is 18.4 Å². The molecule has 0 unspecified atom stereocenters. The molecule has 0 saturated carbocycles. The Bertz CT molecular complexity index is 1410. The van der Waals surface area contributed by atoms with Crippen molar-refractivity contribution in [3.8, 4) is 0 Å². The molecule has 0 aliphatic carbocycles. The molecule has 33 heavy (non-hydrogen) atoms. The number of rotatable bonds is 6. The van der Waals surface area contributed by atoms with Crippen molar-refractivity contribution < 1.29 is 8.42 Å². The molecule has 170 valence electrons. The summed E-state index contributed by atoms with van der Waals surface area (Å²) < 4.78 is 29.8. The molecule has 9 nitrogen and oxygen atoms in total. The number of sulfonamides is 1. The van der Waals surface area contributed by atoms with E-state index < -0.39 is 15.7 Å². The highest BCUT2D eigenvalue weighted by Gasteiger charge is 2.26. The van der Waals surface area contributed by atoms with Crippen LogP contribution < -0.4 is 15.3 Å². The summed E-state index contributed by atoms with van der Waals surface area (Å²) in [5.74, 6) is 0.581. The van der Waals surface area contributed by atoms with Crippen molar-refractivity contribution >= 4 is 26.9 Å². The number of fused-ring (bicyclic) bond motifs is 1. The maximum absolute atomic E-state index is 12.6. The predicted molar refractivity (Wildman–Crippen MR) is 126 cm³/mol. The van der Waals surface area contributed by atoms with Gasteiger partial charge in [-0.3, -0.25) is 4.98 Å². The molecule has 0 radical (unpaired) electrons. The van der Waals surface area contributed by atoms with Crippen molar-refractivity contribution in [2.75, 3.05) is 18.0 Å². The van der Waals surface area contributed by atoms with Gasteiger partial charge in [0.2, 0.25) is 10.0 Å². The summed E-state index contributed by atoms with van der Waals surface area (Å²) in [6, 6.07) is 18.1. The molecule has 0 amide bonds. The van der Waals surface area contributed by atoms with Crippen molar-refractivity contribution in [2.24, 2.45) is 0 Å². The Morgan fingerprint density at radius 2 is 1.67 bits per heavy atom. The van der Waals surface area contributed by atoms with Crippen LogP contribution in [0.25, 0.3) is 11.0 Å². The number of anilines is 1. The molecule has 2 aromatic heterocycles. The maximum atomic E-state index is 12.6. The molecule has 1 saturated heterocycles.